The van der Waals surface area contributed by atoms with Gasteiger partial charge in [-0.2, -0.15) is 0 Å². The second-order valence-electron chi connectivity index (χ2n) is 4.51. The molecule has 0 fully saturated rings. The van der Waals surface area contributed by atoms with Crippen molar-refractivity contribution >= 4 is 17.8 Å². The van der Waals surface area contributed by atoms with Gasteiger partial charge in [0.2, 0.25) is 5.91 Å². The van der Waals surface area contributed by atoms with Crippen molar-refractivity contribution in [2.24, 2.45) is 16.3 Å². The van der Waals surface area contributed by atoms with E-state index in [0.29, 0.717) is 6.42 Å². The molecule has 118 valence electrons. The minimum atomic E-state index is -1.15. The maximum Gasteiger partial charge on any atom is 1.00 e. The molecule has 0 aliphatic carbocycles. The van der Waals surface area contributed by atoms with Crippen molar-refractivity contribution in [3.05, 3.63) is 0 Å². The predicted molar refractivity (Wildman–Crippen MR) is 75.2 cm³/mol. The smallest absolute Gasteiger partial charge is 0.846 e. The summed E-state index contributed by atoms with van der Waals surface area (Å²) in [5.74, 6) is -1.20. The summed E-state index contributed by atoms with van der Waals surface area (Å²) in [6.07, 6.45) is 2.02. The number of aliphatic imine (C=N–C) groups is 1. The van der Waals surface area contributed by atoms with Crippen LogP contribution in [0, 0.1) is 11.3 Å². The first-order chi connectivity index (χ1) is 8.90. The Labute approximate surface area is 148 Å². The molecule has 7 nitrogen and oxygen atoms in total. The monoisotopic (exact) mass is 311 g/mol. The van der Waals surface area contributed by atoms with Gasteiger partial charge in [0.25, 0.3) is 5.91 Å². The molecule has 0 aromatic carbocycles. The summed E-state index contributed by atoms with van der Waals surface area (Å²) in [5, 5.41) is 20.6. The predicted octanol–water partition coefficient (Wildman–Crippen LogP) is -2.64. The number of amidine groups is 1. The van der Waals surface area contributed by atoms with E-state index < -0.39 is 23.3 Å². The van der Waals surface area contributed by atoms with Gasteiger partial charge >= 0.3 is 29.6 Å². The first-order valence-corrected chi connectivity index (χ1v) is 6.62. The third kappa shape index (κ3) is 6.04. The van der Waals surface area contributed by atoms with E-state index in [1.165, 1.54) is 0 Å². The molecule has 0 aromatic heterocycles. The number of aliphatic hydroxyl groups excluding tert-OH is 1. The number of hydrogen-bond acceptors (Lipinski definition) is 5. The van der Waals surface area contributed by atoms with Crippen molar-refractivity contribution in [3.63, 3.8) is 0 Å². The zero-order chi connectivity index (χ0) is 15.1. The molecule has 0 aromatic rings. The summed E-state index contributed by atoms with van der Waals surface area (Å²) in [7, 11) is 0. The van der Waals surface area contributed by atoms with Gasteiger partial charge in [-0.25, -0.2) is 4.99 Å². The average Bonchev–Trinajstić information content (AvgIpc) is 2.30. The van der Waals surface area contributed by atoms with Crippen LogP contribution in [0.15, 0.2) is 4.99 Å². The van der Waals surface area contributed by atoms with E-state index in [-0.39, 0.29) is 48.2 Å². The molecule has 2 amide bonds. The molecule has 1 heterocycles. The Kier molecular flexibility index (Phi) is 14.7. The number of amides is 2. The first-order valence-electron chi connectivity index (χ1n) is 6.62. The zero-order valence-electron chi connectivity index (χ0n) is 13.7. The van der Waals surface area contributed by atoms with Gasteiger partial charge in [-0.15, -0.1) is 0 Å². The fourth-order valence-corrected chi connectivity index (χ4v) is 2.30. The van der Waals surface area contributed by atoms with E-state index in [1.807, 2.05) is 13.8 Å². The fraction of sp³-hybridized carbons (Fsp3) is 0.769. The minimum Gasteiger partial charge on any atom is -0.846 e. The number of nitrogens with one attached hydrogen (secondary N) is 1. The number of hydrogen-bond donors (Lipinski definition) is 3. The Bertz CT molecular complexity index is 363. The van der Waals surface area contributed by atoms with Crippen LogP contribution in [-0.2, 0) is 9.59 Å². The number of carbonyl (C=O) groups is 2. The van der Waals surface area contributed by atoms with Crippen LogP contribution in [0.25, 0.3) is 0 Å². The average molecular weight is 311 g/mol. The molecular weight excluding hydrogens is 285 g/mol. The van der Waals surface area contributed by atoms with Gasteiger partial charge in [-0.3, -0.25) is 9.59 Å². The van der Waals surface area contributed by atoms with Crippen molar-refractivity contribution in [3.8, 4) is 0 Å². The van der Waals surface area contributed by atoms with Crippen LogP contribution in [0.4, 0.5) is 0 Å². The van der Waals surface area contributed by atoms with Crippen molar-refractivity contribution in [2.45, 2.75) is 47.0 Å². The standard InChI is InChI=1S/C11H18N2O3.C2H6O.H3N.Na/c1-4-6-7(3)11(5-2)8(14)12-10(16)13-9(11)15;1-2-3;;/h7H,4-6H2,1-3H3,(H2,12,13,14,15,16);3H,2H2,1H3;1H3;/q;;;+1/p-1. The molecule has 1 rings (SSSR count). The summed E-state index contributed by atoms with van der Waals surface area (Å²) < 4.78 is 0. The summed E-state index contributed by atoms with van der Waals surface area (Å²) >= 11 is 0. The number of nitrogens with zero attached hydrogens (tertiary/aromatic N) is 1. The molecule has 0 spiro atoms. The molecule has 2 unspecified atom stereocenters. The third-order valence-electron chi connectivity index (χ3n) is 3.33. The Morgan fingerprint density at radius 3 is 2.14 bits per heavy atom. The van der Waals surface area contributed by atoms with E-state index in [1.54, 1.807) is 13.8 Å². The summed E-state index contributed by atoms with van der Waals surface area (Å²) in [6, 6.07) is -0.845. The van der Waals surface area contributed by atoms with E-state index in [0.717, 1.165) is 12.8 Å². The van der Waals surface area contributed by atoms with Gasteiger partial charge in [0.15, 0.2) is 0 Å². The number of rotatable bonds is 4. The SMILES string of the molecule is CCCC(C)C1(CC)C(=O)N=C([O-])NC1=O.CCO.N.[Na+]. The minimum absolute atomic E-state index is 0. The van der Waals surface area contributed by atoms with Crippen LogP contribution in [0.5, 0.6) is 0 Å². The molecule has 0 saturated carbocycles. The van der Waals surface area contributed by atoms with Crippen molar-refractivity contribution in [1.29, 1.82) is 0 Å². The molecule has 0 radical (unpaired) electrons. The van der Waals surface area contributed by atoms with Gasteiger partial charge in [-0.05, 0) is 25.7 Å². The second-order valence-corrected chi connectivity index (χ2v) is 4.51. The van der Waals surface area contributed by atoms with Crippen LogP contribution < -0.4 is 46.1 Å². The van der Waals surface area contributed by atoms with Gasteiger partial charge in [-0.1, -0.05) is 27.2 Å². The summed E-state index contributed by atoms with van der Waals surface area (Å²) in [6.45, 7) is 7.55. The van der Waals surface area contributed by atoms with Gasteiger partial charge in [0.05, 0.1) is 6.02 Å². The Balaban J connectivity index is -0.000000596. The van der Waals surface area contributed by atoms with Gasteiger partial charge in [0, 0.05) is 6.61 Å². The summed E-state index contributed by atoms with van der Waals surface area (Å²) in [4.78, 5) is 27.1. The van der Waals surface area contributed by atoms with Crippen LogP contribution in [0.3, 0.4) is 0 Å². The molecule has 21 heavy (non-hydrogen) atoms. The largest absolute Gasteiger partial charge is 1.00 e. The van der Waals surface area contributed by atoms with Gasteiger partial charge < -0.3 is 21.7 Å². The molecule has 0 bridgehead atoms. The molecular formula is C13H26N3NaO4. The molecule has 8 heteroatoms. The molecule has 1 aliphatic rings. The molecule has 0 saturated heterocycles. The van der Waals surface area contributed by atoms with Crippen molar-refractivity contribution in [1.82, 2.24) is 11.5 Å². The van der Waals surface area contributed by atoms with Gasteiger partial charge in [0.1, 0.15) is 5.41 Å². The van der Waals surface area contributed by atoms with Crippen molar-refractivity contribution in [2.75, 3.05) is 6.61 Å². The topological polar surface area (TPSA) is 137 Å². The third-order valence-corrected chi connectivity index (χ3v) is 3.33. The molecule has 5 N–H and O–H groups in total. The van der Waals surface area contributed by atoms with Crippen LogP contribution >= 0.6 is 0 Å². The van der Waals surface area contributed by atoms with E-state index in [2.05, 4.69) is 10.3 Å². The molecule has 1 aliphatic heterocycles. The number of carbonyl (C=O) groups excluding carboxylic acids is 2. The van der Waals surface area contributed by atoms with Crippen molar-refractivity contribution < 1.29 is 49.4 Å². The second kappa shape index (κ2) is 12.1. The maximum absolute atomic E-state index is 11.9. The quantitative estimate of drug-likeness (QED) is 0.385. The van der Waals surface area contributed by atoms with Crippen LogP contribution in [-0.4, -0.2) is 29.5 Å². The summed E-state index contributed by atoms with van der Waals surface area (Å²) in [5.41, 5.74) is -1.15. The van der Waals surface area contributed by atoms with Crippen LogP contribution in [0.2, 0.25) is 0 Å². The van der Waals surface area contributed by atoms with E-state index in [4.69, 9.17) is 5.11 Å². The Morgan fingerprint density at radius 2 is 1.81 bits per heavy atom. The van der Waals surface area contributed by atoms with E-state index in [9.17, 15) is 14.7 Å². The normalized spacial score (nSPS) is 21.7. The number of aliphatic hydroxyl groups is 1. The van der Waals surface area contributed by atoms with E-state index >= 15 is 0 Å². The fourth-order valence-electron chi connectivity index (χ4n) is 2.30. The zero-order valence-corrected chi connectivity index (χ0v) is 15.7. The maximum atomic E-state index is 11.9. The Hall–Kier alpha value is -0.470. The Morgan fingerprint density at radius 1 is 1.33 bits per heavy atom. The van der Waals surface area contributed by atoms with Crippen LogP contribution in [0.1, 0.15) is 47.0 Å². The molecule has 2 atom stereocenters. The first kappa shape index (κ1) is 25.5.